The highest BCUT2D eigenvalue weighted by atomic mass is 32.2. The summed E-state index contributed by atoms with van der Waals surface area (Å²) in [6.07, 6.45) is 5.92. The predicted octanol–water partition coefficient (Wildman–Crippen LogP) is 3.15. The number of thioether (sulfide) groups is 1. The van der Waals surface area contributed by atoms with Crippen molar-refractivity contribution in [3.63, 3.8) is 0 Å². The molecule has 5 nitrogen and oxygen atoms in total. The molecule has 1 aliphatic rings. The molecule has 7 heteroatoms. The monoisotopic (exact) mass is 328 g/mol. The lowest BCUT2D eigenvalue weighted by atomic mass is 9.86. The number of nitrogens with zero attached hydrogens (tertiary/aromatic N) is 2. The van der Waals surface area contributed by atoms with Gasteiger partial charge in [0.15, 0.2) is 4.34 Å². The summed E-state index contributed by atoms with van der Waals surface area (Å²) in [7, 11) is 0. The lowest BCUT2D eigenvalue weighted by molar-refractivity contribution is -0.119. The molecule has 0 unspecified atom stereocenters. The van der Waals surface area contributed by atoms with Crippen LogP contribution < -0.4 is 10.6 Å². The molecule has 0 radical (unpaired) electrons. The maximum atomic E-state index is 12.0. The summed E-state index contributed by atoms with van der Waals surface area (Å²) in [4.78, 5) is 12.0. The van der Waals surface area contributed by atoms with Gasteiger partial charge in [0, 0.05) is 12.6 Å². The lowest BCUT2D eigenvalue weighted by Gasteiger charge is -2.29. The molecule has 1 fully saturated rings. The van der Waals surface area contributed by atoms with E-state index in [1.54, 1.807) is 0 Å². The fraction of sp³-hybridized carbons (Fsp3) is 0.786. The predicted molar refractivity (Wildman–Crippen MR) is 89.0 cm³/mol. The number of amides is 1. The first-order chi connectivity index (χ1) is 10.2. The molecule has 1 heterocycles. The summed E-state index contributed by atoms with van der Waals surface area (Å²) in [5, 5.41) is 15.4. The standard InChI is InChI=1S/C14H24N4OS2/c1-3-8-15-13-17-18-14(21-13)20-9-12(19)16-11-7-5-4-6-10(11)2/h10-11H,3-9H2,1-2H3,(H,15,17)(H,16,19)/t10-,11-/m0/s1. The number of carbonyl (C=O) groups is 1. The summed E-state index contributed by atoms with van der Waals surface area (Å²) >= 11 is 2.98. The topological polar surface area (TPSA) is 66.9 Å². The molecule has 118 valence electrons. The normalized spacial score (nSPS) is 22.0. The van der Waals surface area contributed by atoms with Crippen LogP contribution in [0.5, 0.6) is 0 Å². The summed E-state index contributed by atoms with van der Waals surface area (Å²) in [6, 6.07) is 0.350. The van der Waals surface area contributed by atoms with Gasteiger partial charge in [0.1, 0.15) is 0 Å². The average molecular weight is 329 g/mol. The van der Waals surface area contributed by atoms with Crippen LogP contribution in [-0.2, 0) is 4.79 Å². The van der Waals surface area contributed by atoms with E-state index in [1.165, 1.54) is 42.4 Å². The van der Waals surface area contributed by atoms with Crippen LogP contribution in [0.25, 0.3) is 0 Å². The van der Waals surface area contributed by atoms with Crippen molar-refractivity contribution in [2.24, 2.45) is 5.92 Å². The highest BCUT2D eigenvalue weighted by Crippen LogP contribution is 2.26. The van der Waals surface area contributed by atoms with Crippen LogP contribution in [0.1, 0.15) is 46.0 Å². The Bertz CT molecular complexity index is 452. The number of aromatic nitrogens is 2. The lowest BCUT2D eigenvalue weighted by Crippen LogP contribution is -2.41. The minimum Gasteiger partial charge on any atom is -0.360 e. The second-order valence-electron chi connectivity index (χ2n) is 5.52. The third-order valence-electron chi connectivity index (χ3n) is 3.72. The van der Waals surface area contributed by atoms with Crippen LogP contribution in [0.15, 0.2) is 4.34 Å². The first-order valence-electron chi connectivity index (χ1n) is 7.68. The maximum Gasteiger partial charge on any atom is 0.230 e. The number of nitrogens with one attached hydrogen (secondary N) is 2. The molecule has 2 atom stereocenters. The Balaban J connectivity index is 1.71. The Kier molecular flexibility index (Phi) is 6.76. The van der Waals surface area contributed by atoms with Gasteiger partial charge in [-0.2, -0.15) is 0 Å². The molecular formula is C14H24N4OS2. The van der Waals surface area contributed by atoms with E-state index in [4.69, 9.17) is 0 Å². The van der Waals surface area contributed by atoms with Crippen LogP contribution in [0.2, 0.25) is 0 Å². The van der Waals surface area contributed by atoms with Crippen LogP contribution >= 0.6 is 23.1 Å². The van der Waals surface area contributed by atoms with E-state index in [0.29, 0.717) is 17.7 Å². The minimum absolute atomic E-state index is 0.108. The van der Waals surface area contributed by atoms with Crippen molar-refractivity contribution in [3.05, 3.63) is 0 Å². The van der Waals surface area contributed by atoms with Crippen molar-refractivity contribution in [1.29, 1.82) is 0 Å². The van der Waals surface area contributed by atoms with E-state index in [1.807, 2.05) is 0 Å². The molecule has 0 spiro atoms. The van der Waals surface area contributed by atoms with Crippen LogP contribution in [0, 0.1) is 5.92 Å². The van der Waals surface area contributed by atoms with Gasteiger partial charge in [-0.25, -0.2) is 0 Å². The smallest absolute Gasteiger partial charge is 0.230 e. The van der Waals surface area contributed by atoms with Gasteiger partial charge in [-0.15, -0.1) is 10.2 Å². The Morgan fingerprint density at radius 3 is 2.95 bits per heavy atom. The molecule has 1 aromatic heterocycles. The highest BCUT2D eigenvalue weighted by molar-refractivity contribution is 8.01. The fourth-order valence-corrected chi connectivity index (χ4v) is 4.07. The van der Waals surface area contributed by atoms with Crippen molar-refractivity contribution in [3.8, 4) is 0 Å². The zero-order valence-electron chi connectivity index (χ0n) is 12.7. The van der Waals surface area contributed by atoms with Gasteiger partial charge in [-0.3, -0.25) is 4.79 Å². The van der Waals surface area contributed by atoms with Crippen LogP contribution in [0.4, 0.5) is 5.13 Å². The van der Waals surface area contributed by atoms with Crippen molar-refractivity contribution in [2.45, 2.75) is 56.3 Å². The van der Waals surface area contributed by atoms with Crippen molar-refractivity contribution >= 4 is 34.1 Å². The molecule has 0 aliphatic heterocycles. The van der Waals surface area contributed by atoms with Gasteiger partial charge in [0.2, 0.25) is 11.0 Å². The van der Waals surface area contributed by atoms with Gasteiger partial charge in [0.05, 0.1) is 5.75 Å². The van der Waals surface area contributed by atoms with Gasteiger partial charge in [-0.1, -0.05) is 49.8 Å². The van der Waals surface area contributed by atoms with Crippen LogP contribution in [-0.4, -0.2) is 34.4 Å². The number of anilines is 1. The number of carbonyl (C=O) groups excluding carboxylic acids is 1. The van der Waals surface area contributed by atoms with Gasteiger partial charge < -0.3 is 10.6 Å². The van der Waals surface area contributed by atoms with Gasteiger partial charge in [0.25, 0.3) is 0 Å². The SMILES string of the molecule is CCCNc1nnc(SCC(=O)N[C@H]2CCCC[C@@H]2C)s1. The Morgan fingerprint density at radius 1 is 1.38 bits per heavy atom. The zero-order valence-corrected chi connectivity index (χ0v) is 14.4. The van der Waals surface area contributed by atoms with Gasteiger partial charge >= 0.3 is 0 Å². The Labute approximate surface area is 134 Å². The summed E-state index contributed by atoms with van der Waals surface area (Å²) in [6.45, 7) is 5.24. The van der Waals surface area contributed by atoms with E-state index in [0.717, 1.165) is 28.9 Å². The summed E-state index contributed by atoms with van der Waals surface area (Å²) < 4.78 is 0.848. The van der Waals surface area contributed by atoms with E-state index in [-0.39, 0.29) is 5.91 Å². The van der Waals surface area contributed by atoms with Crippen molar-refractivity contribution in [1.82, 2.24) is 15.5 Å². The highest BCUT2D eigenvalue weighted by Gasteiger charge is 2.22. The molecule has 21 heavy (non-hydrogen) atoms. The average Bonchev–Trinajstić information content (AvgIpc) is 2.93. The fourth-order valence-electron chi connectivity index (χ4n) is 2.48. The molecule has 0 aromatic carbocycles. The number of hydrogen-bond donors (Lipinski definition) is 2. The second kappa shape index (κ2) is 8.58. The molecule has 0 bridgehead atoms. The largest absolute Gasteiger partial charge is 0.360 e. The van der Waals surface area contributed by atoms with Gasteiger partial charge in [-0.05, 0) is 25.2 Å². The first kappa shape index (κ1) is 16.5. The second-order valence-corrected chi connectivity index (χ2v) is 7.72. The molecule has 0 saturated heterocycles. The molecular weight excluding hydrogens is 304 g/mol. The Hall–Kier alpha value is -0.820. The molecule has 2 N–H and O–H groups in total. The number of rotatable bonds is 7. The van der Waals surface area contributed by atoms with E-state index in [9.17, 15) is 4.79 Å². The molecule has 1 amide bonds. The number of hydrogen-bond acceptors (Lipinski definition) is 6. The molecule has 1 saturated carbocycles. The van der Waals surface area contributed by atoms with E-state index < -0.39 is 0 Å². The molecule has 1 aliphatic carbocycles. The third-order valence-corrected chi connectivity index (χ3v) is 5.73. The first-order valence-corrected chi connectivity index (χ1v) is 9.48. The van der Waals surface area contributed by atoms with E-state index in [2.05, 4.69) is 34.7 Å². The van der Waals surface area contributed by atoms with Crippen molar-refractivity contribution in [2.75, 3.05) is 17.6 Å². The third kappa shape index (κ3) is 5.47. The zero-order chi connectivity index (χ0) is 15.1. The quantitative estimate of drug-likeness (QED) is 0.753. The Morgan fingerprint density at radius 2 is 2.19 bits per heavy atom. The molecule has 2 rings (SSSR count). The van der Waals surface area contributed by atoms with Crippen molar-refractivity contribution < 1.29 is 4.79 Å². The summed E-state index contributed by atoms with van der Waals surface area (Å²) in [5.74, 6) is 1.13. The minimum atomic E-state index is 0.108. The van der Waals surface area contributed by atoms with E-state index >= 15 is 0 Å². The maximum absolute atomic E-state index is 12.0. The van der Waals surface area contributed by atoms with Crippen LogP contribution in [0.3, 0.4) is 0 Å². The summed E-state index contributed by atoms with van der Waals surface area (Å²) in [5.41, 5.74) is 0. The molecule has 1 aromatic rings.